The van der Waals surface area contributed by atoms with Crippen molar-refractivity contribution in [2.45, 2.75) is 86.3 Å². The maximum atomic E-state index is 11.3. The Morgan fingerprint density at radius 1 is 0.510 bits per heavy atom. The fraction of sp³-hybridized carbons (Fsp3) is 0.419. The number of fused-ring (bicyclic) bond motifs is 3. The van der Waals surface area contributed by atoms with Crippen LogP contribution in [0.3, 0.4) is 0 Å². The Morgan fingerprint density at radius 2 is 0.735 bits per heavy atom. The van der Waals surface area contributed by atoms with Crippen molar-refractivity contribution in [3.05, 3.63) is 46.8 Å². The number of aryl methyl sites for hydroxylation is 4. The number of nitrogens with zero attached hydrogens (tertiary/aromatic N) is 2. The summed E-state index contributed by atoms with van der Waals surface area (Å²) in [4.78, 5) is 68.9. The van der Waals surface area contributed by atoms with Crippen molar-refractivity contribution in [3.63, 3.8) is 0 Å². The SMILES string of the molecule is CC(=O)CC(=O)C(F)(F)F.CC(=O)CC(=O)C(F)(F)F.CC(=O)CC(=O)C(F)(F)F.Cc1cnc2c(ccc3c(C)c(C)cnc32)c1C.[Tb]. The van der Waals surface area contributed by atoms with Crippen LogP contribution in [0.15, 0.2) is 24.5 Å². The topological polar surface area (TPSA) is 128 Å². The standard InChI is InChI=1S/C16H16N2.3C5H5F3O2.Tb/c1-9-7-17-15-13(11(9)3)5-6-14-12(4)10(2)8-18-16(14)15;3*1-3(9)2-4(10)5(6,7)8;/h5-8H,1-4H3;3*2H2,1H3;. The molecule has 0 aliphatic rings. The van der Waals surface area contributed by atoms with Crippen molar-refractivity contribution in [1.82, 2.24) is 9.97 Å². The molecule has 0 unspecified atom stereocenters. The van der Waals surface area contributed by atoms with Gasteiger partial charge in [-0.1, -0.05) is 12.1 Å². The van der Waals surface area contributed by atoms with Crippen LogP contribution in [0.1, 0.15) is 62.3 Å². The second-order valence-electron chi connectivity index (χ2n) is 10.4. The number of benzene rings is 1. The smallest absolute Gasteiger partial charge is 0.300 e. The van der Waals surface area contributed by atoms with E-state index < -0.39 is 72.5 Å². The minimum Gasteiger partial charge on any atom is -0.300 e. The van der Waals surface area contributed by atoms with E-state index in [9.17, 15) is 68.3 Å². The molecule has 0 saturated heterocycles. The molecule has 8 nitrogen and oxygen atoms in total. The number of pyridine rings is 2. The molecule has 3 aromatic rings. The quantitative estimate of drug-likeness (QED) is 0.144. The summed E-state index contributed by atoms with van der Waals surface area (Å²) in [6, 6.07) is 4.34. The fourth-order valence-corrected chi connectivity index (χ4v) is 3.37. The van der Waals surface area contributed by atoms with Gasteiger partial charge in [-0.15, -0.1) is 0 Å². The summed E-state index contributed by atoms with van der Waals surface area (Å²) in [5.74, 6) is -8.29. The third-order valence-electron chi connectivity index (χ3n) is 6.09. The second kappa shape index (κ2) is 19.8. The van der Waals surface area contributed by atoms with Crippen LogP contribution in [0.2, 0.25) is 0 Å². The maximum Gasteiger partial charge on any atom is 0.450 e. The first-order valence-corrected chi connectivity index (χ1v) is 13.5. The largest absolute Gasteiger partial charge is 0.450 e. The van der Waals surface area contributed by atoms with E-state index in [1.165, 1.54) is 33.0 Å². The van der Waals surface area contributed by atoms with Gasteiger partial charge in [0.05, 0.1) is 30.3 Å². The number of halogens is 9. The monoisotopic (exact) mass is 857 g/mol. The number of alkyl halides is 9. The zero-order chi connectivity index (χ0) is 37.9. The van der Waals surface area contributed by atoms with Gasteiger partial charge in [-0.25, -0.2) is 0 Å². The second-order valence-corrected chi connectivity index (χ2v) is 10.4. The molecule has 0 bridgehead atoms. The van der Waals surface area contributed by atoms with Gasteiger partial charge in [-0.05, 0) is 70.7 Å². The van der Waals surface area contributed by atoms with E-state index in [-0.39, 0.29) is 38.6 Å². The summed E-state index contributed by atoms with van der Waals surface area (Å²) in [6.07, 6.45) is -13.9. The molecule has 273 valence electrons. The van der Waals surface area contributed by atoms with Crippen molar-refractivity contribution in [3.8, 4) is 0 Å². The molecular weight excluding hydrogens is 826 g/mol. The van der Waals surface area contributed by atoms with E-state index in [1.54, 1.807) is 0 Å². The summed E-state index contributed by atoms with van der Waals surface area (Å²) >= 11 is 0. The van der Waals surface area contributed by atoms with Crippen molar-refractivity contribution in [2.24, 2.45) is 0 Å². The predicted octanol–water partition coefficient (Wildman–Crippen LogP) is 7.31. The van der Waals surface area contributed by atoms with E-state index in [4.69, 9.17) is 0 Å². The number of carbonyl (C=O) groups excluding carboxylic acids is 6. The van der Waals surface area contributed by atoms with Crippen LogP contribution in [-0.2, 0) is 28.8 Å². The first-order valence-electron chi connectivity index (χ1n) is 13.5. The summed E-state index contributed by atoms with van der Waals surface area (Å²) in [6.45, 7) is 11.3. The van der Waals surface area contributed by atoms with E-state index in [2.05, 4.69) is 49.8 Å². The normalized spacial score (nSPS) is 11.0. The Balaban J connectivity index is 0. The molecule has 3 rings (SSSR count). The van der Waals surface area contributed by atoms with Crippen molar-refractivity contribution in [1.29, 1.82) is 0 Å². The summed E-state index contributed by atoms with van der Waals surface area (Å²) < 4.78 is 102. The predicted molar refractivity (Wildman–Crippen MR) is 155 cm³/mol. The van der Waals surface area contributed by atoms with Crippen LogP contribution >= 0.6 is 0 Å². The zero-order valence-corrected chi connectivity index (χ0v) is 29.1. The minimum absolute atomic E-state index is 0. The molecule has 0 aliphatic carbocycles. The van der Waals surface area contributed by atoms with Gasteiger partial charge in [0.25, 0.3) is 0 Å². The molecule has 0 amide bonds. The number of hydrogen-bond acceptors (Lipinski definition) is 8. The molecule has 0 N–H and O–H groups in total. The molecule has 49 heavy (non-hydrogen) atoms. The molecule has 0 spiro atoms. The third-order valence-corrected chi connectivity index (χ3v) is 6.09. The van der Waals surface area contributed by atoms with Gasteiger partial charge in [-0.3, -0.25) is 38.7 Å². The molecule has 2 heterocycles. The van der Waals surface area contributed by atoms with Crippen LogP contribution < -0.4 is 0 Å². The number of rotatable bonds is 6. The molecule has 1 aromatic carbocycles. The molecule has 0 atom stereocenters. The average molecular weight is 858 g/mol. The average Bonchev–Trinajstić information content (AvgIpc) is 2.91. The Kier molecular flexibility index (Phi) is 19.3. The van der Waals surface area contributed by atoms with Gasteiger partial charge in [-0.2, -0.15) is 39.5 Å². The Hall–Kier alpha value is -3.28. The van der Waals surface area contributed by atoms with Gasteiger partial charge in [0, 0.05) is 61.8 Å². The van der Waals surface area contributed by atoms with E-state index >= 15 is 0 Å². The van der Waals surface area contributed by atoms with Crippen LogP contribution in [0.25, 0.3) is 21.8 Å². The molecule has 0 aliphatic heterocycles. The number of ketones is 6. The Bertz CT molecular complexity index is 1540. The van der Waals surface area contributed by atoms with Gasteiger partial charge in [0.15, 0.2) is 0 Å². The summed E-state index contributed by atoms with van der Waals surface area (Å²) in [5, 5.41) is 2.41. The summed E-state index contributed by atoms with van der Waals surface area (Å²) in [5.41, 5.74) is 7.07. The molecule has 0 fully saturated rings. The molecule has 0 saturated carbocycles. The summed E-state index contributed by atoms with van der Waals surface area (Å²) in [7, 11) is 0. The fourth-order valence-electron chi connectivity index (χ4n) is 3.37. The molecule has 2 aromatic heterocycles. The third kappa shape index (κ3) is 16.8. The first kappa shape index (κ1) is 47.8. The number of carbonyl (C=O) groups is 6. The maximum absolute atomic E-state index is 11.3. The first-order chi connectivity index (χ1) is 21.6. The van der Waals surface area contributed by atoms with Gasteiger partial charge >= 0.3 is 18.5 Å². The van der Waals surface area contributed by atoms with Gasteiger partial charge in [0.1, 0.15) is 17.3 Å². The van der Waals surface area contributed by atoms with E-state index in [1.807, 2.05) is 12.4 Å². The number of hydrogen-bond donors (Lipinski definition) is 0. The van der Waals surface area contributed by atoms with Crippen molar-refractivity contribution < 1.29 is 107 Å². The van der Waals surface area contributed by atoms with Gasteiger partial charge < -0.3 is 0 Å². The van der Waals surface area contributed by atoms with Gasteiger partial charge in [0.2, 0.25) is 17.3 Å². The Labute approximate surface area is 305 Å². The molecule has 1 radical (unpaired) electrons. The zero-order valence-electron chi connectivity index (χ0n) is 27.0. The number of aromatic nitrogens is 2. The van der Waals surface area contributed by atoms with Crippen molar-refractivity contribution in [2.75, 3.05) is 0 Å². The number of Topliss-reactive ketones (excluding diaryl/α,β-unsaturated/α-hetero) is 6. The van der Waals surface area contributed by atoms with Crippen LogP contribution in [0.5, 0.6) is 0 Å². The van der Waals surface area contributed by atoms with E-state index in [0.29, 0.717) is 0 Å². The molecular formula is C31H31F9N2O6Tb. The van der Waals surface area contributed by atoms with Crippen molar-refractivity contribution >= 4 is 56.5 Å². The Morgan fingerprint density at radius 3 is 0.898 bits per heavy atom. The van der Waals surface area contributed by atoms with Crippen LogP contribution in [0.4, 0.5) is 39.5 Å². The van der Waals surface area contributed by atoms with Crippen LogP contribution in [-0.4, -0.2) is 63.2 Å². The van der Waals surface area contributed by atoms with Crippen LogP contribution in [0, 0.1) is 66.3 Å². The molecule has 18 heteroatoms. The van der Waals surface area contributed by atoms with E-state index in [0.717, 1.165) is 31.8 Å². The minimum atomic E-state index is -4.87.